The third kappa shape index (κ3) is 3.22. The van der Waals surface area contributed by atoms with E-state index >= 15 is 8.78 Å². The molecule has 4 rings (SSSR count). The molecule has 4 unspecified atom stereocenters. The summed E-state index contributed by atoms with van der Waals surface area (Å²) in [7, 11) is 0. The number of benzene rings is 2. The molecule has 31 heavy (non-hydrogen) atoms. The lowest BCUT2D eigenvalue weighted by molar-refractivity contribution is -0.142. The number of rotatable bonds is 3. The number of aliphatic carboxylic acids is 1. The maximum absolute atomic E-state index is 15.3. The molecule has 8 heteroatoms. The van der Waals surface area contributed by atoms with Crippen LogP contribution in [0.5, 0.6) is 0 Å². The van der Waals surface area contributed by atoms with Gasteiger partial charge in [0.15, 0.2) is 0 Å². The fourth-order valence-corrected chi connectivity index (χ4v) is 5.85. The number of halogens is 4. The molecule has 0 bridgehead atoms. The Morgan fingerprint density at radius 2 is 1.97 bits per heavy atom. The summed E-state index contributed by atoms with van der Waals surface area (Å²) in [6, 6.07) is 8.64. The molecule has 0 radical (unpaired) electrons. The highest BCUT2D eigenvalue weighted by atomic mass is 35.5. The number of carboxylic acid groups (broad SMARTS) is 1. The zero-order valence-corrected chi connectivity index (χ0v) is 18.4. The van der Waals surface area contributed by atoms with Gasteiger partial charge in [0.25, 0.3) is 0 Å². The molecule has 4 atom stereocenters. The molecule has 162 valence electrons. The largest absolute Gasteiger partial charge is 0.480 e. The van der Waals surface area contributed by atoms with E-state index in [2.05, 4.69) is 6.07 Å². The lowest BCUT2D eigenvalue weighted by Crippen LogP contribution is -2.42. The zero-order chi connectivity index (χ0) is 22.7. The summed E-state index contributed by atoms with van der Waals surface area (Å²) in [4.78, 5) is 14.2. The van der Waals surface area contributed by atoms with Crippen molar-refractivity contribution in [3.05, 3.63) is 69.2 Å². The molecular weight excluding hydrogens is 445 g/mol. The van der Waals surface area contributed by atoms with Gasteiger partial charge in [0.1, 0.15) is 23.1 Å². The van der Waals surface area contributed by atoms with Crippen molar-refractivity contribution in [3.63, 3.8) is 0 Å². The fourth-order valence-electron chi connectivity index (χ4n) is 5.51. The molecule has 2 aromatic carbocycles. The number of nitrogens with zero attached hydrogens (tertiary/aromatic N) is 2. The van der Waals surface area contributed by atoms with Crippen LogP contribution in [0.2, 0.25) is 10.0 Å². The Morgan fingerprint density at radius 1 is 1.26 bits per heavy atom. The van der Waals surface area contributed by atoms with Crippen molar-refractivity contribution in [1.82, 2.24) is 4.90 Å². The molecule has 0 spiro atoms. The normalized spacial score (nSPS) is 29.5. The van der Waals surface area contributed by atoms with Crippen LogP contribution in [0, 0.1) is 28.4 Å². The second-order valence-corrected chi connectivity index (χ2v) is 9.91. The summed E-state index contributed by atoms with van der Waals surface area (Å²) in [5.41, 5.74) is -1.96. The third-order valence-corrected chi connectivity index (χ3v) is 7.10. The molecular formula is C23H20Cl2F2N2O2. The Kier molecular flexibility index (Phi) is 5.28. The van der Waals surface area contributed by atoms with Gasteiger partial charge in [-0.05, 0) is 35.6 Å². The van der Waals surface area contributed by atoms with Crippen LogP contribution in [0.4, 0.5) is 8.78 Å². The van der Waals surface area contributed by atoms with Gasteiger partial charge in [-0.2, -0.15) is 5.26 Å². The lowest BCUT2D eigenvalue weighted by Gasteiger charge is -2.36. The van der Waals surface area contributed by atoms with Crippen LogP contribution in [0.3, 0.4) is 0 Å². The van der Waals surface area contributed by atoms with Crippen molar-refractivity contribution in [2.75, 3.05) is 6.54 Å². The van der Waals surface area contributed by atoms with Crippen LogP contribution in [0.15, 0.2) is 36.4 Å². The SMILES string of the molecule is CC1(C)CC2N(C1)C(C(=O)O)C(c1cccc(Cl)c1F)C2(C#N)c1ccc(Cl)cc1F. The van der Waals surface area contributed by atoms with Gasteiger partial charge in [-0.1, -0.05) is 55.2 Å². The first kappa shape index (κ1) is 22.0. The van der Waals surface area contributed by atoms with Gasteiger partial charge in [-0.3, -0.25) is 9.69 Å². The van der Waals surface area contributed by atoms with E-state index in [0.717, 1.165) is 6.07 Å². The van der Waals surface area contributed by atoms with E-state index in [1.807, 2.05) is 13.8 Å². The first-order chi connectivity index (χ1) is 14.5. The van der Waals surface area contributed by atoms with Crippen molar-refractivity contribution in [3.8, 4) is 6.07 Å². The number of hydrogen-bond acceptors (Lipinski definition) is 3. The molecule has 0 aromatic heterocycles. The first-order valence-electron chi connectivity index (χ1n) is 9.83. The molecule has 2 heterocycles. The van der Waals surface area contributed by atoms with Crippen LogP contribution in [-0.2, 0) is 10.2 Å². The minimum atomic E-state index is -1.66. The predicted molar refractivity (Wildman–Crippen MR) is 113 cm³/mol. The van der Waals surface area contributed by atoms with E-state index in [4.69, 9.17) is 23.2 Å². The molecule has 2 fully saturated rings. The standard InChI is InChI=1S/C23H20Cl2F2N2O2/c1-22(2)9-17-23(10-28,14-7-6-12(24)8-16(14)26)18(20(21(30)31)29(17)11-22)13-4-3-5-15(25)19(13)27/h3-8,17-18,20H,9,11H2,1-2H3,(H,30,31). The van der Waals surface area contributed by atoms with Crippen LogP contribution in [0.1, 0.15) is 37.3 Å². The highest BCUT2D eigenvalue weighted by Crippen LogP contribution is 2.59. The van der Waals surface area contributed by atoms with Gasteiger partial charge in [-0.15, -0.1) is 0 Å². The summed E-state index contributed by atoms with van der Waals surface area (Å²) in [6.07, 6.45) is 0.449. The summed E-state index contributed by atoms with van der Waals surface area (Å²) in [5.74, 6) is -3.89. The van der Waals surface area contributed by atoms with E-state index < -0.39 is 41.0 Å². The summed E-state index contributed by atoms with van der Waals surface area (Å²) >= 11 is 12.0. The predicted octanol–water partition coefficient (Wildman–Crippen LogP) is 5.38. The zero-order valence-electron chi connectivity index (χ0n) is 16.9. The van der Waals surface area contributed by atoms with E-state index in [-0.39, 0.29) is 26.6 Å². The van der Waals surface area contributed by atoms with Crippen molar-refractivity contribution in [2.24, 2.45) is 5.41 Å². The molecule has 0 saturated carbocycles. The van der Waals surface area contributed by atoms with Crippen LogP contribution >= 0.6 is 23.2 Å². The Morgan fingerprint density at radius 3 is 2.58 bits per heavy atom. The molecule has 2 aromatic rings. The smallest absolute Gasteiger partial charge is 0.321 e. The number of fused-ring (bicyclic) bond motifs is 1. The van der Waals surface area contributed by atoms with E-state index in [1.165, 1.54) is 30.3 Å². The van der Waals surface area contributed by atoms with Gasteiger partial charge in [-0.25, -0.2) is 8.78 Å². The molecule has 0 aliphatic carbocycles. The van der Waals surface area contributed by atoms with Gasteiger partial charge in [0, 0.05) is 29.1 Å². The van der Waals surface area contributed by atoms with E-state index in [1.54, 1.807) is 4.90 Å². The van der Waals surface area contributed by atoms with Crippen molar-refractivity contribution >= 4 is 29.2 Å². The maximum Gasteiger partial charge on any atom is 0.321 e. The monoisotopic (exact) mass is 464 g/mol. The Bertz CT molecular complexity index is 1120. The summed E-state index contributed by atoms with van der Waals surface area (Å²) in [6.45, 7) is 4.32. The molecule has 4 nitrogen and oxygen atoms in total. The number of carbonyl (C=O) groups is 1. The summed E-state index contributed by atoms with van der Waals surface area (Å²) in [5, 5.41) is 20.7. The van der Waals surface area contributed by atoms with Crippen molar-refractivity contribution < 1.29 is 18.7 Å². The lowest BCUT2D eigenvalue weighted by atomic mass is 9.63. The molecule has 2 aliphatic rings. The maximum atomic E-state index is 15.3. The third-order valence-electron chi connectivity index (χ3n) is 6.58. The van der Waals surface area contributed by atoms with E-state index in [0.29, 0.717) is 13.0 Å². The molecule has 2 aliphatic heterocycles. The van der Waals surface area contributed by atoms with Gasteiger partial charge in [0.05, 0.1) is 11.1 Å². The number of carboxylic acids is 1. The Hall–Kier alpha value is -2.20. The second-order valence-electron chi connectivity index (χ2n) is 9.07. The average molecular weight is 465 g/mol. The van der Waals surface area contributed by atoms with Crippen LogP contribution in [-0.4, -0.2) is 34.6 Å². The molecule has 1 N–H and O–H groups in total. The van der Waals surface area contributed by atoms with Gasteiger partial charge >= 0.3 is 5.97 Å². The topological polar surface area (TPSA) is 64.3 Å². The molecule has 2 saturated heterocycles. The van der Waals surface area contributed by atoms with E-state index in [9.17, 15) is 15.2 Å². The number of nitriles is 1. The number of hydrogen-bond donors (Lipinski definition) is 1. The fraction of sp³-hybridized carbons (Fsp3) is 0.391. The second kappa shape index (κ2) is 7.44. The highest BCUT2D eigenvalue weighted by molar-refractivity contribution is 6.31. The van der Waals surface area contributed by atoms with Crippen LogP contribution < -0.4 is 0 Å². The minimum Gasteiger partial charge on any atom is -0.480 e. The van der Waals surface area contributed by atoms with Crippen molar-refractivity contribution in [1.29, 1.82) is 5.26 Å². The van der Waals surface area contributed by atoms with Crippen molar-refractivity contribution in [2.45, 2.75) is 43.7 Å². The quantitative estimate of drug-likeness (QED) is 0.661. The minimum absolute atomic E-state index is 0.0111. The summed E-state index contributed by atoms with van der Waals surface area (Å²) < 4.78 is 30.5. The van der Waals surface area contributed by atoms with Crippen LogP contribution in [0.25, 0.3) is 0 Å². The first-order valence-corrected chi connectivity index (χ1v) is 10.6. The van der Waals surface area contributed by atoms with Gasteiger partial charge < -0.3 is 5.11 Å². The van der Waals surface area contributed by atoms with Gasteiger partial charge in [0.2, 0.25) is 0 Å². The highest BCUT2D eigenvalue weighted by Gasteiger charge is 2.67. The Labute approximate surface area is 189 Å². The molecule has 0 amide bonds. The Balaban J connectivity index is 2.07. The average Bonchev–Trinajstić information content (AvgIpc) is 3.12.